The van der Waals surface area contributed by atoms with Gasteiger partial charge in [0.1, 0.15) is 5.76 Å². The number of carbonyl (C=O) groups excluding carboxylic acids is 2. The van der Waals surface area contributed by atoms with Crippen molar-refractivity contribution in [2.75, 3.05) is 19.6 Å². The highest BCUT2D eigenvalue weighted by Gasteiger charge is 2.26. The number of nitrogens with zero attached hydrogens (tertiary/aromatic N) is 1. The summed E-state index contributed by atoms with van der Waals surface area (Å²) in [5.41, 5.74) is 1.47. The molecule has 6 nitrogen and oxygen atoms in total. The first-order valence-corrected chi connectivity index (χ1v) is 11.2. The maximum Gasteiger partial charge on any atom is 0.251 e. The lowest BCUT2D eigenvalue weighted by Crippen LogP contribution is -2.38. The minimum atomic E-state index is -0.419. The first kappa shape index (κ1) is 21.8. The first-order chi connectivity index (χ1) is 15.7. The van der Waals surface area contributed by atoms with Crippen LogP contribution in [0, 0.1) is 0 Å². The average molecular weight is 432 g/mol. The summed E-state index contributed by atoms with van der Waals surface area (Å²) in [7, 11) is 0. The fourth-order valence-corrected chi connectivity index (χ4v) is 4.18. The Bertz CT molecular complexity index is 984. The van der Waals surface area contributed by atoms with E-state index in [1.165, 1.54) is 0 Å². The van der Waals surface area contributed by atoms with E-state index in [9.17, 15) is 9.59 Å². The normalized spacial score (nSPS) is 15.8. The van der Waals surface area contributed by atoms with Gasteiger partial charge in [-0.2, -0.15) is 0 Å². The van der Waals surface area contributed by atoms with Crippen molar-refractivity contribution in [2.24, 2.45) is 0 Å². The quantitative estimate of drug-likeness (QED) is 0.535. The molecule has 6 heteroatoms. The molecule has 2 heterocycles. The molecular formula is C26H29N3O3. The molecule has 2 N–H and O–H groups in total. The number of nitrogens with one attached hydrogen (secondary N) is 2. The lowest BCUT2D eigenvalue weighted by atomic mass is 10.0. The minimum Gasteiger partial charge on any atom is -0.468 e. The fraction of sp³-hybridized carbons (Fsp3) is 0.308. The number of benzene rings is 2. The average Bonchev–Trinajstić information content (AvgIpc) is 3.55. The molecule has 0 bridgehead atoms. The molecular weight excluding hydrogens is 402 g/mol. The molecule has 32 heavy (non-hydrogen) atoms. The zero-order valence-electron chi connectivity index (χ0n) is 18.1. The van der Waals surface area contributed by atoms with Gasteiger partial charge in [-0.05, 0) is 55.8 Å². The molecule has 2 aromatic carbocycles. The molecule has 0 saturated carbocycles. The van der Waals surface area contributed by atoms with Crippen molar-refractivity contribution in [1.82, 2.24) is 15.5 Å². The van der Waals surface area contributed by atoms with Gasteiger partial charge in [0.05, 0.1) is 24.8 Å². The molecule has 0 spiro atoms. The van der Waals surface area contributed by atoms with Crippen molar-refractivity contribution in [2.45, 2.75) is 31.3 Å². The molecule has 2 atom stereocenters. The van der Waals surface area contributed by atoms with Gasteiger partial charge < -0.3 is 15.1 Å². The van der Waals surface area contributed by atoms with Gasteiger partial charge in [0.2, 0.25) is 5.91 Å². The van der Waals surface area contributed by atoms with Crippen LogP contribution < -0.4 is 10.6 Å². The molecule has 4 rings (SSSR count). The Morgan fingerprint density at radius 3 is 2.25 bits per heavy atom. The Labute approximate surface area is 188 Å². The molecule has 1 fully saturated rings. The second kappa shape index (κ2) is 10.8. The molecule has 1 aromatic heterocycles. The summed E-state index contributed by atoms with van der Waals surface area (Å²) < 4.78 is 5.64. The van der Waals surface area contributed by atoms with Gasteiger partial charge in [-0.25, -0.2) is 0 Å². The van der Waals surface area contributed by atoms with Crippen molar-refractivity contribution in [3.8, 4) is 0 Å². The van der Waals surface area contributed by atoms with E-state index >= 15 is 0 Å². The zero-order chi connectivity index (χ0) is 22.2. The Hall–Kier alpha value is -3.38. The largest absolute Gasteiger partial charge is 0.468 e. The van der Waals surface area contributed by atoms with Crippen LogP contribution in [0.4, 0.5) is 0 Å². The molecule has 166 valence electrons. The summed E-state index contributed by atoms with van der Waals surface area (Å²) in [6, 6.07) is 22.1. The smallest absolute Gasteiger partial charge is 0.251 e. The van der Waals surface area contributed by atoms with Crippen LogP contribution in [-0.2, 0) is 4.79 Å². The van der Waals surface area contributed by atoms with Crippen LogP contribution in [0.1, 0.15) is 53.0 Å². The van der Waals surface area contributed by atoms with E-state index in [0.717, 1.165) is 37.3 Å². The van der Waals surface area contributed by atoms with Crippen LogP contribution in [0.5, 0.6) is 0 Å². The van der Waals surface area contributed by atoms with Crippen molar-refractivity contribution in [3.05, 3.63) is 95.9 Å². The highest BCUT2D eigenvalue weighted by Crippen LogP contribution is 2.25. The molecule has 3 aromatic rings. The number of furan rings is 1. The maximum atomic E-state index is 12.9. The lowest BCUT2D eigenvalue weighted by Gasteiger charge is -2.26. The van der Waals surface area contributed by atoms with Crippen LogP contribution in [0.3, 0.4) is 0 Å². The maximum absolute atomic E-state index is 12.9. The van der Waals surface area contributed by atoms with Crippen molar-refractivity contribution in [1.29, 1.82) is 0 Å². The lowest BCUT2D eigenvalue weighted by molar-refractivity contribution is -0.121. The molecule has 1 aliphatic heterocycles. The Morgan fingerprint density at radius 1 is 0.906 bits per heavy atom. The van der Waals surface area contributed by atoms with E-state index in [0.29, 0.717) is 12.1 Å². The van der Waals surface area contributed by atoms with Crippen LogP contribution in [0.2, 0.25) is 0 Å². The number of rotatable bonds is 9. The second-order valence-electron chi connectivity index (χ2n) is 8.09. The van der Waals surface area contributed by atoms with E-state index in [4.69, 9.17) is 4.42 Å². The SMILES string of the molecule is O=C(CC(NC(=O)c1ccccc1)c1ccccc1)NCC(c1ccco1)N1CCCC1. The predicted molar refractivity (Wildman–Crippen MR) is 123 cm³/mol. The van der Waals surface area contributed by atoms with Gasteiger partial charge >= 0.3 is 0 Å². The predicted octanol–water partition coefficient (Wildman–Crippen LogP) is 4.09. The van der Waals surface area contributed by atoms with Gasteiger partial charge in [0.25, 0.3) is 5.91 Å². The van der Waals surface area contributed by atoms with Crippen molar-refractivity contribution in [3.63, 3.8) is 0 Å². The first-order valence-electron chi connectivity index (χ1n) is 11.2. The fourth-order valence-electron chi connectivity index (χ4n) is 4.18. The van der Waals surface area contributed by atoms with Crippen LogP contribution in [-0.4, -0.2) is 36.3 Å². The Balaban J connectivity index is 1.42. The number of amides is 2. The summed E-state index contributed by atoms with van der Waals surface area (Å²) in [5, 5.41) is 6.09. The molecule has 2 amide bonds. The van der Waals surface area contributed by atoms with Gasteiger partial charge in [-0.1, -0.05) is 48.5 Å². The van der Waals surface area contributed by atoms with Gasteiger partial charge in [0.15, 0.2) is 0 Å². The summed E-state index contributed by atoms with van der Waals surface area (Å²) >= 11 is 0. The highest BCUT2D eigenvalue weighted by molar-refractivity contribution is 5.94. The summed E-state index contributed by atoms with van der Waals surface area (Å²) in [4.78, 5) is 28.0. The van der Waals surface area contributed by atoms with E-state index in [1.807, 2.05) is 60.7 Å². The standard InChI is InChI=1S/C26H29N3O3/c30-25(27-19-23(24-14-9-17-32-24)29-15-7-8-16-29)18-22(20-10-3-1-4-11-20)28-26(31)21-12-5-2-6-13-21/h1-6,9-14,17,22-23H,7-8,15-16,18-19H2,(H,27,30)(H,28,31). The van der Waals surface area contributed by atoms with E-state index < -0.39 is 6.04 Å². The Kier molecular flexibility index (Phi) is 7.35. The summed E-state index contributed by atoms with van der Waals surface area (Å²) in [6.07, 6.45) is 4.15. The number of carbonyl (C=O) groups is 2. The number of hydrogen-bond donors (Lipinski definition) is 2. The third kappa shape index (κ3) is 5.65. The number of hydrogen-bond acceptors (Lipinski definition) is 4. The molecule has 2 unspecified atom stereocenters. The molecule has 1 saturated heterocycles. The third-order valence-electron chi connectivity index (χ3n) is 5.88. The number of likely N-dealkylation sites (tertiary alicyclic amines) is 1. The zero-order valence-corrected chi connectivity index (χ0v) is 18.1. The summed E-state index contributed by atoms with van der Waals surface area (Å²) in [5.74, 6) is 0.560. The van der Waals surface area contributed by atoms with Crippen molar-refractivity contribution >= 4 is 11.8 Å². The monoisotopic (exact) mass is 431 g/mol. The van der Waals surface area contributed by atoms with E-state index in [1.54, 1.807) is 18.4 Å². The third-order valence-corrected chi connectivity index (χ3v) is 5.88. The highest BCUT2D eigenvalue weighted by atomic mass is 16.3. The Morgan fingerprint density at radius 2 is 1.59 bits per heavy atom. The topological polar surface area (TPSA) is 74.6 Å². The van der Waals surface area contributed by atoms with Gasteiger partial charge in [-0.3, -0.25) is 14.5 Å². The van der Waals surface area contributed by atoms with Crippen LogP contribution in [0.15, 0.2) is 83.5 Å². The summed E-state index contributed by atoms with van der Waals surface area (Å²) in [6.45, 7) is 2.47. The van der Waals surface area contributed by atoms with E-state index in [2.05, 4.69) is 15.5 Å². The minimum absolute atomic E-state index is 0.0190. The van der Waals surface area contributed by atoms with Gasteiger partial charge in [0, 0.05) is 12.1 Å². The molecule has 1 aliphatic rings. The van der Waals surface area contributed by atoms with Gasteiger partial charge in [-0.15, -0.1) is 0 Å². The van der Waals surface area contributed by atoms with Crippen molar-refractivity contribution < 1.29 is 14.0 Å². The molecule has 0 aliphatic carbocycles. The molecule has 0 radical (unpaired) electrons. The second-order valence-corrected chi connectivity index (χ2v) is 8.09. The van der Waals surface area contributed by atoms with Crippen LogP contribution in [0.25, 0.3) is 0 Å². The van der Waals surface area contributed by atoms with Crippen LogP contribution >= 0.6 is 0 Å². The van der Waals surface area contributed by atoms with E-state index in [-0.39, 0.29) is 24.3 Å².